The zero-order valence-corrected chi connectivity index (χ0v) is 19.6. The van der Waals surface area contributed by atoms with Gasteiger partial charge in [0, 0.05) is 24.1 Å². The van der Waals surface area contributed by atoms with E-state index in [1.807, 2.05) is 0 Å². The van der Waals surface area contributed by atoms with Crippen molar-refractivity contribution in [3.8, 4) is 0 Å². The Bertz CT molecular complexity index is 1240. The van der Waals surface area contributed by atoms with E-state index in [1.54, 1.807) is 31.1 Å². The molecule has 2 heterocycles. The predicted molar refractivity (Wildman–Crippen MR) is 123 cm³/mol. The molecule has 2 aliphatic rings. The van der Waals surface area contributed by atoms with Crippen LogP contribution in [-0.4, -0.2) is 59.7 Å². The number of fused-ring (bicyclic) bond motifs is 1. The lowest BCUT2D eigenvalue weighted by Crippen LogP contribution is -2.54. The fourth-order valence-electron chi connectivity index (χ4n) is 5.04. The second-order valence-electron chi connectivity index (χ2n) is 9.25. The van der Waals surface area contributed by atoms with Crippen LogP contribution >= 0.6 is 0 Å². The van der Waals surface area contributed by atoms with Crippen molar-refractivity contribution in [1.82, 2.24) is 15.1 Å². The maximum atomic E-state index is 15.0. The molecule has 0 bridgehead atoms. The minimum Gasteiger partial charge on any atom is -0.366 e. The highest BCUT2D eigenvalue weighted by Crippen LogP contribution is 2.52. The normalized spacial score (nSPS) is 20.9. The highest BCUT2D eigenvalue weighted by Gasteiger charge is 2.56. The molecule has 0 radical (unpaired) electrons. The monoisotopic (exact) mass is 502 g/mol. The Morgan fingerprint density at radius 1 is 1.17 bits per heavy atom. The van der Waals surface area contributed by atoms with Crippen molar-refractivity contribution in [3.05, 3.63) is 70.3 Å². The number of amides is 4. The summed E-state index contributed by atoms with van der Waals surface area (Å²) in [5, 5.41) is 2.12. The molecule has 0 saturated carbocycles. The molecule has 0 aromatic heterocycles. The maximum Gasteiger partial charge on any atom is 0.398 e. The van der Waals surface area contributed by atoms with Crippen LogP contribution in [0.5, 0.6) is 0 Å². The number of alkyl halides is 3. The molecule has 11 heteroatoms. The Labute approximate surface area is 205 Å². The van der Waals surface area contributed by atoms with Crippen molar-refractivity contribution < 1.29 is 32.3 Å². The number of nitrogens with zero attached hydrogens (tertiary/aromatic N) is 2. The number of hydrogen-bond acceptors (Lipinski definition) is 5. The van der Waals surface area contributed by atoms with Crippen molar-refractivity contribution in [2.24, 2.45) is 5.73 Å². The lowest BCUT2D eigenvalue weighted by atomic mass is 9.82. The van der Waals surface area contributed by atoms with Crippen molar-refractivity contribution in [1.29, 1.82) is 0 Å². The number of imide groups is 1. The van der Waals surface area contributed by atoms with Crippen LogP contribution in [-0.2, 0) is 16.1 Å². The Kier molecular flexibility index (Phi) is 6.61. The molecule has 1 saturated heterocycles. The quantitative estimate of drug-likeness (QED) is 0.590. The molecular weight excluding hydrogens is 477 g/mol. The smallest absolute Gasteiger partial charge is 0.366 e. The molecular formula is C25H25F3N4O4. The first-order valence-electron chi connectivity index (χ1n) is 11.3. The van der Waals surface area contributed by atoms with Crippen LogP contribution in [0.25, 0.3) is 0 Å². The number of carbonyl (C=O) groups excluding carboxylic acids is 4. The van der Waals surface area contributed by atoms with Crippen LogP contribution in [0.4, 0.5) is 13.2 Å². The number of benzene rings is 2. The third-order valence-electron chi connectivity index (χ3n) is 6.51. The topological polar surface area (TPSA) is 113 Å². The third-order valence-corrected chi connectivity index (χ3v) is 6.51. The summed E-state index contributed by atoms with van der Waals surface area (Å²) in [5.74, 6) is -5.25. The summed E-state index contributed by atoms with van der Waals surface area (Å²) in [6.45, 7) is 0.204. The second-order valence-corrected chi connectivity index (χ2v) is 9.25. The van der Waals surface area contributed by atoms with Crippen LogP contribution in [0.3, 0.4) is 0 Å². The number of nitrogens with two attached hydrogens (primary N) is 1. The van der Waals surface area contributed by atoms with Gasteiger partial charge in [-0.3, -0.25) is 24.5 Å². The molecule has 4 amide bonds. The van der Waals surface area contributed by atoms with Crippen LogP contribution < -0.4 is 11.1 Å². The lowest BCUT2D eigenvalue weighted by molar-refractivity contribution is -0.167. The van der Waals surface area contributed by atoms with E-state index in [4.69, 9.17) is 5.73 Å². The molecule has 3 N–H and O–H groups in total. The second kappa shape index (κ2) is 9.38. The van der Waals surface area contributed by atoms with Gasteiger partial charge in [-0.15, -0.1) is 0 Å². The summed E-state index contributed by atoms with van der Waals surface area (Å²) < 4.78 is 44.9. The standard InChI is InChI=1S/C25H25F3N4O4/c1-31(2)12-14-5-3-4-6-15(14)20(25(26,27)28)21-17-11-13(22(29)34)7-8-16(17)24(36)32(21)18-9-10-19(33)30-23(18)35/h3-8,11,18,20-21H,9-10,12H2,1-2H3,(H2,29,34)(H,30,33,35)/t18?,20-,21?/m1/s1. The summed E-state index contributed by atoms with van der Waals surface area (Å²) >= 11 is 0. The first-order chi connectivity index (χ1) is 16.9. The summed E-state index contributed by atoms with van der Waals surface area (Å²) in [6.07, 6.45) is -5.08. The van der Waals surface area contributed by atoms with Gasteiger partial charge in [-0.05, 0) is 55.4 Å². The van der Waals surface area contributed by atoms with Crippen molar-refractivity contribution in [2.45, 2.75) is 43.6 Å². The Morgan fingerprint density at radius 2 is 1.86 bits per heavy atom. The molecule has 2 aromatic carbocycles. The highest BCUT2D eigenvalue weighted by molar-refractivity contribution is 6.06. The molecule has 2 aliphatic heterocycles. The maximum absolute atomic E-state index is 15.0. The van der Waals surface area contributed by atoms with Crippen LogP contribution in [0.1, 0.15) is 62.2 Å². The molecule has 8 nitrogen and oxygen atoms in total. The minimum absolute atomic E-state index is 0.0389. The van der Waals surface area contributed by atoms with E-state index in [0.29, 0.717) is 5.56 Å². The van der Waals surface area contributed by atoms with Crippen LogP contribution in [0, 0.1) is 0 Å². The molecule has 1 fully saturated rings. The van der Waals surface area contributed by atoms with Gasteiger partial charge in [0.25, 0.3) is 5.91 Å². The van der Waals surface area contributed by atoms with Crippen molar-refractivity contribution in [3.63, 3.8) is 0 Å². The van der Waals surface area contributed by atoms with Gasteiger partial charge in [-0.1, -0.05) is 24.3 Å². The summed E-state index contributed by atoms with van der Waals surface area (Å²) in [4.78, 5) is 52.5. The fraction of sp³-hybridized carbons (Fsp3) is 0.360. The van der Waals surface area contributed by atoms with Gasteiger partial charge in [0.15, 0.2) is 0 Å². The van der Waals surface area contributed by atoms with Gasteiger partial charge in [-0.2, -0.15) is 13.2 Å². The van der Waals surface area contributed by atoms with E-state index >= 15 is 0 Å². The first-order valence-corrected chi connectivity index (χ1v) is 11.3. The largest absolute Gasteiger partial charge is 0.398 e. The van der Waals surface area contributed by atoms with E-state index in [1.165, 1.54) is 30.3 Å². The van der Waals surface area contributed by atoms with Gasteiger partial charge in [0.05, 0.1) is 6.04 Å². The molecule has 0 aliphatic carbocycles. The van der Waals surface area contributed by atoms with Gasteiger partial charge in [0.1, 0.15) is 12.0 Å². The lowest BCUT2D eigenvalue weighted by Gasteiger charge is -2.39. The van der Waals surface area contributed by atoms with Gasteiger partial charge >= 0.3 is 6.18 Å². The molecule has 2 aromatic rings. The molecule has 190 valence electrons. The number of primary amides is 1. The SMILES string of the molecule is CN(C)Cc1ccccc1[C@H](C1c2cc(C(N)=O)ccc2C(=O)N1C1CCC(=O)NC1=O)C(F)(F)F. The third kappa shape index (κ3) is 4.58. The van der Waals surface area contributed by atoms with Crippen LogP contribution in [0.2, 0.25) is 0 Å². The number of halogens is 3. The Balaban J connectivity index is 1.96. The summed E-state index contributed by atoms with van der Waals surface area (Å²) in [6, 6.07) is 6.84. The average molecular weight is 502 g/mol. The first kappa shape index (κ1) is 25.4. The van der Waals surface area contributed by atoms with E-state index in [9.17, 15) is 32.3 Å². The van der Waals surface area contributed by atoms with E-state index in [-0.39, 0.29) is 41.6 Å². The minimum atomic E-state index is -4.84. The highest BCUT2D eigenvalue weighted by atomic mass is 19.4. The van der Waals surface area contributed by atoms with Gasteiger partial charge in [-0.25, -0.2) is 0 Å². The number of piperidine rings is 1. The molecule has 3 atom stereocenters. The van der Waals surface area contributed by atoms with Crippen molar-refractivity contribution in [2.75, 3.05) is 14.1 Å². The number of nitrogens with one attached hydrogen (secondary N) is 1. The van der Waals surface area contributed by atoms with Gasteiger partial charge < -0.3 is 15.5 Å². The number of rotatable bonds is 6. The Hall–Kier alpha value is -3.73. The number of hydrogen-bond donors (Lipinski definition) is 2. The zero-order valence-electron chi connectivity index (χ0n) is 19.6. The number of carbonyl (C=O) groups is 4. The summed E-state index contributed by atoms with van der Waals surface area (Å²) in [7, 11) is 3.45. The molecule has 36 heavy (non-hydrogen) atoms. The van der Waals surface area contributed by atoms with E-state index in [2.05, 4.69) is 5.32 Å². The predicted octanol–water partition coefficient (Wildman–Crippen LogP) is 2.50. The molecule has 4 rings (SSSR count). The zero-order chi connectivity index (χ0) is 26.4. The van der Waals surface area contributed by atoms with E-state index < -0.39 is 47.8 Å². The molecule has 0 spiro atoms. The van der Waals surface area contributed by atoms with Crippen LogP contribution in [0.15, 0.2) is 42.5 Å². The summed E-state index contributed by atoms with van der Waals surface area (Å²) in [5.41, 5.74) is 5.60. The van der Waals surface area contributed by atoms with Crippen molar-refractivity contribution >= 4 is 23.6 Å². The molecule has 2 unspecified atom stereocenters. The fourth-order valence-corrected chi connectivity index (χ4v) is 5.04. The average Bonchev–Trinajstić information content (AvgIpc) is 3.05. The van der Waals surface area contributed by atoms with E-state index in [0.717, 1.165) is 4.90 Å². The Morgan fingerprint density at radius 3 is 2.47 bits per heavy atom. The van der Waals surface area contributed by atoms with Gasteiger partial charge in [0.2, 0.25) is 17.7 Å².